The molecule has 1 atom stereocenters. The van der Waals surface area contributed by atoms with Gasteiger partial charge in [0.2, 0.25) is 5.91 Å². The zero-order valence-electron chi connectivity index (χ0n) is 9.71. The minimum atomic E-state index is 0.0624. The highest BCUT2D eigenvalue weighted by Gasteiger charge is 2.21. The molecular weight excluding hydrogens is 212 g/mol. The molecule has 1 saturated heterocycles. The molecule has 1 rings (SSSR count). The van der Waals surface area contributed by atoms with E-state index in [-0.39, 0.29) is 11.8 Å². The van der Waals surface area contributed by atoms with Crippen LogP contribution in [0.2, 0.25) is 0 Å². The van der Waals surface area contributed by atoms with E-state index in [0.717, 1.165) is 19.6 Å². The van der Waals surface area contributed by atoms with Gasteiger partial charge in [-0.15, -0.1) is 11.6 Å². The molecule has 1 aliphatic rings. The lowest BCUT2D eigenvalue weighted by Crippen LogP contribution is -2.42. The second kappa shape index (κ2) is 6.33. The molecule has 0 aliphatic carbocycles. The predicted molar refractivity (Wildman–Crippen MR) is 63.2 cm³/mol. The van der Waals surface area contributed by atoms with E-state index in [0.29, 0.717) is 5.92 Å². The zero-order valence-corrected chi connectivity index (χ0v) is 10.5. The maximum Gasteiger partial charge on any atom is 0.237 e. The number of halogens is 1. The van der Waals surface area contributed by atoms with Crippen molar-refractivity contribution in [2.45, 2.75) is 19.8 Å². The first kappa shape index (κ1) is 12.8. The molecule has 3 nitrogen and oxygen atoms in total. The van der Waals surface area contributed by atoms with Crippen LogP contribution in [-0.2, 0) is 4.79 Å². The minimum absolute atomic E-state index is 0.0624. The highest BCUT2D eigenvalue weighted by molar-refractivity contribution is 6.27. The molecule has 15 heavy (non-hydrogen) atoms. The van der Waals surface area contributed by atoms with Crippen LogP contribution < -0.4 is 0 Å². The molecule has 0 N–H and O–H groups in total. The molecule has 1 heterocycles. The Kier molecular flexibility index (Phi) is 5.40. The average Bonchev–Trinajstić information content (AvgIpc) is 2.25. The van der Waals surface area contributed by atoms with Gasteiger partial charge in [0, 0.05) is 19.6 Å². The number of hydrogen-bond acceptors (Lipinski definition) is 2. The van der Waals surface area contributed by atoms with Crippen molar-refractivity contribution in [1.29, 1.82) is 0 Å². The Labute approximate surface area is 97.4 Å². The number of likely N-dealkylation sites (tertiary alicyclic amines) is 1. The van der Waals surface area contributed by atoms with Crippen molar-refractivity contribution in [3.63, 3.8) is 0 Å². The topological polar surface area (TPSA) is 23.6 Å². The first-order chi connectivity index (χ1) is 7.17. The van der Waals surface area contributed by atoms with Gasteiger partial charge in [-0.25, -0.2) is 0 Å². The largest absolute Gasteiger partial charge is 0.342 e. The molecule has 0 aromatic heterocycles. The van der Waals surface area contributed by atoms with E-state index in [1.54, 1.807) is 0 Å². The van der Waals surface area contributed by atoms with Crippen molar-refractivity contribution >= 4 is 17.5 Å². The summed E-state index contributed by atoms with van der Waals surface area (Å²) in [6.45, 7) is 5.94. The van der Waals surface area contributed by atoms with Gasteiger partial charge in [-0.05, 0) is 39.3 Å². The van der Waals surface area contributed by atoms with Crippen LogP contribution in [0.25, 0.3) is 0 Å². The molecule has 0 spiro atoms. The molecule has 0 aromatic rings. The number of carbonyl (C=O) groups is 1. The average molecular weight is 233 g/mol. The molecular formula is C11H21ClN2O. The molecule has 88 valence electrons. The molecule has 0 bridgehead atoms. The zero-order chi connectivity index (χ0) is 11.3. The summed E-state index contributed by atoms with van der Waals surface area (Å²) in [7, 11) is 2.14. The summed E-state index contributed by atoms with van der Waals surface area (Å²) in [5, 5.41) is 0. The Morgan fingerprint density at radius 1 is 1.60 bits per heavy atom. The number of carbonyl (C=O) groups excluding carboxylic acids is 1. The Morgan fingerprint density at radius 3 is 2.87 bits per heavy atom. The number of amides is 1. The van der Waals surface area contributed by atoms with E-state index in [1.807, 2.05) is 11.8 Å². The van der Waals surface area contributed by atoms with Gasteiger partial charge < -0.3 is 9.80 Å². The Morgan fingerprint density at radius 2 is 2.33 bits per heavy atom. The first-order valence-corrected chi connectivity index (χ1v) is 6.23. The van der Waals surface area contributed by atoms with Crippen molar-refractivity contribution in [3.05, 3.63) is 0 Å². The summed E-state index contributed by atoms with van der Waals surface area (Å²) in [5.74, 6) is 0.791. The van der Waals surface area contributed by atoms with Gasteiger partial charge in [0.1, 0.15) is 5.88 Å². The van der Waals surface area contributed by atoms with Crippen LogP contribution in [0.1, 0.15) is 19.8 Å². The fourth-order valence-corrected chi connectivity index (χ4v) is 2.39. The van der Waals surface area contributed by atoms with Gasteiger partial charge in [0.15, 0.2) is 0 Å². The van der Waals surface area contributed by atoms with Crippen LogP contribution in [0.5, 0.6) is 0 Å². The van der Waals surface area contributed by atoms with Gasteiger partial charge >= 0.3 is 0 Å². The molecule has 0 aromatic carbocycles. The van der Waals surface area contributed by atoms with Gasteiger partial charge in [0.05, 0.1) is 0 Å². The summed E-state index contributed by atoms with van der Waals surface area (Å²) in [6.07, 6.45) is 2.48. The van der Waals surface area contributed by atoms with Gasteiger partial charge in [-0.2, -0.15) is 0 Å². The molecule has 1 amide bonds. The maximum absolute atomic E-state index is 11.5. The number of alkyl halides is 1. The van der Waals surface area contributed by atoms with Crippen LogP contribution in [0.15, 0.2) is 0 Å². The molecule has 1 fully saturated rings. The Hall–Kier alpha value is -0.280. The minimum Gasteiger partial charge on any atom is -0.342 e. The van der Waals surface area contributed by atoms with Gasteiger partial charge in [-0.1, -0.05) is 0 Å². The molecule has 0 radical (unpaired) electrons. The van der Waals surface area contributed by atoms with E-state index in [9.17, 15) is 4.79 Å². The second-order valence-corrected chi connectivity index (χ2v) is 4.60. The van der Waals surface area contributed by atoms with Crippen molar-refractivity contribution < 1.29 is 4.79 Å². The van der Waals surface area contributed by atoms with Crippen LogP contribution in [0.3, 0.4) is 0 Å². The van der Waals surface area contributed by atoms with E-state index in [4.69, 9.17) is 11.6 Å². The fourth-order valence-electron chi connectivity index (χ4n) is 2.23. The number of piperidine rings is 1. The number of rotatable bonds is 4. The third-order valence-electron chi connectivity index (χ3n) is 3.05. The lowest BCUT2D eigenvalue weighted by molar-refractivity contribution is -0.129. The fraction of sp³-hybridized carbons (Fsp3) is 0.909. The summed E-state index contributed by atoms with van der Waals surface area (Å²) >= 11 is 5.57. The van der Waals surface area contributed by atoms with Crippen LogP contribution in [0, 0.1) is 5.92 Å². The molecule has 1 unspecified atom stereocenters. The van der Waals surface area contributed by atoms with E-state index < -0.39 is 0 Å². The number of hydrogen-bond donors (Lipinski definition) is 0. The van der Waals surface area contributed by atoms with E-state index in [2.05, 4.69) is 11.9 Å². The van der Waals surface area contributed by atoms with E-state index in [1.165, 1.54) is 19.4 Å². The summed E-state index contributed by atoms with van der Waals surface area (Å²) in [5.41, 5.74) is 0. The second-order valence-electron chi connectivity index (χ2n) is 4.34. The smallest absolute Gasteiger partial charge is 0.237 e. The van der Waals surface area contributed by atoms with E-state index >= 15 is 0 Å². The summed E-state index contributed by atoms with van der Waals surface area (Å²) < 4.78 is 0. The monoisotopic (exact) mass is 232 g/mol. The Bertz CT molecular complexity index is 211. The highest BCUT2D eigenvalue weighted by Crippen LogP contribution is 2.16. The Balaban J connectivity index is 2.40. The summed E-state index contributed by atoms with van der Waals surface area (Å²) in [4.78, 5) is 15.7. The van der Waals surface area contributed by atoms with Crippen molar-refractivity contribution in [2.24, 2.45) is 5.92 Å². The highest BCUT2D eigenvalue weighted by atomic mass is 35.5. The predicted octanol–water partition coefficient (Wildman–Crippen LogP) is 1.42. The maximum atomic E-state index is 11.5. The lowest BCUT2D eigenvalue weighted by atomic mass is 9.98. The van der Waals surface area contributed by atoms with Crippen molar-refractivity contribution in [1.82, 2.24) is 9.80 Å². The number of nitrogens with zero attached hydrogens (tertiary/aromatic N) is 2. The first-order valence-electron chi connectivity index (χ1n) is 5.69. The standard InChI is InChI=1S/C11H21ClN2O/c1-3-14(11(15)7-12)9-10-5-4-6-13(2)8-10/h10H,3-9H2,1-2H3. The van der Waals surface area contributed by atoms with Gasteiger partial charge in [-0.3, -0.25) is 4.79 Å². The summed E-state index contributed by atoms with van der Waals surface area (Å²) in [6, 6.07) is 0. The lowest BCUT2D eigenvalue weighted by Gasteiger charge is -2.33. The normalized spacial score (nSPS) is 22.7. The van der Waals surface area contributed by atoms with Crippen LogP contribution in [-0.4, -0.2) is 54.8 Å². The molecule has 1 aliphatic heterocycles. The van der Waals surface area contributed by atoms with Crippen LogP contribution >= 0.6 is 11.6 Å². The van der Waals surface area contributed by atoms with Crippen molar-refractivity contribution in [3.8, 4) is 0 Å². The quantitative estimate of drug-likeness (QED) is 0.685. The molecule has 4 heteroatoms. The van der Waals surface area contributed by atoms with Crippen molar-refractivity contribution in [2.75, 3.05) is 39.1 Å². The molecule has 0 saturated carbocycles. The van der Waals surface area contributed by atoms with Gasteiger partial charge in [0.25, 0.3) is 0 Å². The SMILES string of the molecule is CCN(CC1CCCN(C)C1)C(=O)CCl. The third-order valence-corrected chi connectivity index (χ3v) is 3.28. The van der Waals surface area contributed by atoms with Crippen LogP contribution in [0.4, 0.5) is 0 Å². The third kappa shape index (κ3) is 3.99.